The molecule has 1 heterocycles. The molecule has 2 bridgehead atoms. The number of halogens is 1. The number of rotatable bonds is 0. The molecule has 1 fully saturated rings. The van der Waals surface area contributed by atoms with Crippen LogP contribution >= 0.6 is 11.6 Å². The average molecular weight is 197 g/mol. The quantitative estimate of drug-likeness (QED) is 0.421. The average Bonchev–Trinajstić information content (AvgIpc) is 2.65. The summed E-state index contributed by atoms with van der Waals surface area (Å²) in [5.74, 6) is 1.49. The number of hydrogen-bond acceptors (Lipinski definition) is 2. The monoisotopic (exact) mass is 196 g/mol. The topological polar surface area (TPSA) is 24.7 Å². The zero-order chi connectivity index (χ0) is 9.22. The molecule has 0 radical (unpaired) electrons. The lowest BCUT2D eigenvalue weighted by atomic mass is 9.77. The van der Waals surface area contributed by atoms with Crippen molar-refractivity contribution in [3.8, 4) is 0 Å². The van der Waals surface area contributed by atoms with Crippen LogP contribution in [0, 0.1) is 17.8 Å². The Kier molecular flexibility index (Phi) is 1.33. The highest BCUT2D eigenvalue weighted by molar-refractivity contribution is 6.21. The van der Waals surface area contributed by atoms with E-state index in [-0.39, 0.29) is 10.9 Å². The van der Waals surface area contributed by atoms with Crippen LogP contribution in [0.25, 0.3) is 0 Å². The molecule has 0 spiro atoms. The summed E-state index contributed by atoms with van der Waals surface area (Å²) in [5.41, 5.74) is 0.00197. The van der Waals surface area contributed by atoms with E-state index >= 15 is 0 Å². The van der Waals surface area contributed by atoms with Crippen LogP contribution in [0.2, 0.25) is 0 Å². The van der Waals surface area contributed by atoms with Crippen LogP contribution in [0.3, 0.4) is 0 Å². The number of hydrogen-bond donors (Lipinski definition) is 0. The molecular formula is C10H13ClN2. The molecule has 0 N–H and O–H groups in total. The predicted octanol–water partition coefficient (Wildman–Crippen LogP) is 2.64. The molecule has 5 atom stereocenters. The van der Waals surface area contributed by atoms with Gasteiger partial charge in [-0.1, -0.05) is 12.2 Å². The predicted molar refractivity (Wildman–Crippen MR) is 52.0 cm³/mol. The fourth-order valence-corrected chi connectivity index (χ4v) is 3.61. The molecule has 3 rings (SSSR count). The lowest BCUT2D eigenvalue weighted by molar-refractivity contribution is 0.299. The fraction of sp³-hybridized carbons (Fsp3) is 0.800. The molecule has 2 nitrogen and oxygen atoms in total. The maximum atomic E-state index is 6.34. The molecule has 1 aliphatic heterocycles. The van der Waals surface area contributed by atoms with Crippen molar-refractivity contribution >= 4 is 11.6 Å². The van der Waals surface area contributed by atoms with E-state index in [1.165, 1.54) is 0 Å². The lowest BCUT2D eigenvalue weighted by Gasteiger charge is -2.27. The van der Waals surface area contributed by atoms with Crippen molar-refractivity contribution in [3.63, 3.8) is 0 Å². The highest BCUT2D eigenvalue weighted by Gasteiger charge is 2.59. The smallest absolute Gasteiger partial charge is 0.0843 e. The van der Waals surface area contributed by atoms with Crippen LogP contribution in [0.4, 0.5) is 0 Å². The van der Waals surface area contributed by atoms with E-state index in [0.29, 0.717) is 23.8 Å². The van der Waals surface area contributed by atoms with Gasteiger partial charge in [0.05, 0.1) is 11.6 Å². The minimum absolute atomic E-state index is 0.00197. The Hall–Kier alpha value is -0.370. The van der Waals surface area contributed by atoms with Crippen molar-refractivity contribution in [2.45, 2.75) is 30.8 Å². The molecule has 1 saturated carbocycles. The summed E-state index contributed by atoms with van der Waals surface area (Å²) >= 11 is 6.34. The summed E-state index contributed by atoms with van der Waals surface area (Å²) in [7, 11) is 0. The first-order chi connectivity index (χ1) is 6.11. The first kappa shape index (κ1) is 7.98. The Morgan fingerprint density at radius 3 is 2.62 bits per heavy atom. The van der Waals surface area contributed by atoms with Crippen LogP contribution < -0.4 is 0 Å². The number of nitrogens with zero attached hydrogens (tertiary/aromatic N) is 2. The normalized spacial score (nSPS) is 54.5. The third-order valence-electron chi connectivity index (χ3n) is 3.73. The molecule has 0 aromatic carbocycles. The first-order valence-electron chi connectivity index (χ1n) is 4.86. The molecule has 3 aliphatic rings. The zero-order valence-corrected chi connectivity index (χ0v) is 8.57. The Balaban J connectivity index is 2.05. The lowest BCUT2D eigenvalue weighted by Crippen LogP contribution is -2.34. The van der Waals surface area contributed by atoms with Crippen LogP contribution in [0.1, 0.15) is 13.8 Å². The van der Waals surface area contributed by atoms with Crippen LogP contribution in [0.5, 0.6) is 0 Å². The number of fused-ring (bicyclic) bond motifs is 5. The van der Waals surface area contributed by atoms with Crippen LogP contribution in [0.15, 0.2) is 22.4 Å². The van der Waals surface area contributed by atoms with Gasteiger partial charge in [0.25, 0.3) is 0 Å². The zero-order valence-electron chi connectivity index (χ0n) is 7.81. The highest BCUT2D eigenvalue weighted by atomic mass is 35.5. The van der Waals surface area contributed by atoms with Crippen molar-refractivity contribution in [2.24, 2.45) is 28.0 Å². The molecule has 0 unspecified atom stereocenters. The van der Waals surface area contributed by atoms with Crippen molar-refractivity contribution in [2.75, 3.05) is 0 Å². The maximum Gasteiger partial charge on any atom is 0.0843 e. The van der Waals surface area contributed by atoms with E-state index in [9.17, 15) is 0 Å². The fourth-order valence-electron chi connectivity index (χ4n) is 3.13. The summed E-state index contributed by atoms with van der Waals surface area (Å²) in [4.78, 5) is 0. The Labute approximate surface area is 83.1 Å². The SMILES string of the molecule is CC1(C)N=N[C@H]2[C@H]3C=C[C@H]([C@@H]3Cl)[C@H]21. The van der Waals surface area contributed by atoms with Crippen molar-refractivity contribution in [3.05, 3.63) is 12.2 Å². The van der Waals surface area contributed by atoms with Crippen LogP contribution in [-0.2, 0) is 0 Å². The van der Waals surface area contributed by atoms with Gasteiger partial charge in [0, 0.05) is 23.1 Å². The van der Waals surface area contributed by atoms with Gasteiger partial charge in [-0.15, -0.1) is 11.6 Å². The largest absolute Gasteiger partial charge is 0.189 e. The summed E-state index contributed by atoms with van der Waals surface area (Å²) in [6.07, 6.45) is 4.49. The Morgan fingerprint density at radius 2 is 1.92 bits per heavy atom. The molecule has 70 valence electrons. The minimum atomic E-state index is 0.00197. The third-order valence-corrected chi connectivity index (χ3v) is 4.31. The van der Waals surface area contributed by atoms with E-state index in [1.54, 1.807) is 0 Å². The number of alkyl halides is 1. The maximum absolute atomic E-state index is 6.34. The highest BCUT2D eigenvalue weighted by Crippen LogP contribution is 2.55. The number of allylic oxidation sites excluding steroid dienone is 1. The molecule has 0 aromatic rings. The Bertz CT molecular complexity index is 308. The molecule has 0 saturated heterocycles. The summed E-state index contributed by atoms with van der Waals surface area (Å²) in [5, 5.41) is 9.00. The van der Waals surface area contributed by atoms with Gasteiger partial charge in [-0.3, -0.25) is 0 Å². The molecule has 2 aliphatic carbocycles. The molecule has 13 heavy (non-hydrogen) atoms. The van der Waals surface area contributed by atoms with Gasteiger partial charge in [-0.05, 0) is 13.8 Å². The van der Waals surface area contributed by atoms with E-state index in [4.69, 9.17) is 11.6 Å². The standard InChI is InChI=1S/C10H13ClN2/c1-10(2)7-5-3-4-6(8(5)11)9(7)12-13-10/h3-9H,1-2H3/t5-,6-,7+,8-,9-/m0/s1. The second-order valence-electron chi connectivity index (χ2n) is 4.87. The third kappa shape index (κ3) is 0.804. The first-order valence-corrected chi connectivity index (χ1v) is 5.29. The van der Waals surface area contributed by atoms with E-state index in [0.717, 1.165) is 0 Å². The van der Waals surface area contributed by atoms with Gasteiger partial charge >= 0.3 is 0 Å². The summed E-state index contributed by atoms with van der Waals surface area (Å²) < 4.78 is 0. The Morgan fingerprint density at radius 1 is 1.23 bits per heavy atom. The van der Waals surface area contributed by atoms with Crippen molar-refractivity contribution in [1.82, 2.24) is 0 Å². The molecule has 0 aromatic heterocycles. The molecular weight excluding hydrogens is 184 g/mol. The molecule has 0 amide bonds. The van der Waals surface area contributed by atoms with Crippen LogP contribution in [-0.4, -0.2) is 17.0 Å². The van der Waals surface area contributed by atoms with Crippen molar-refractivity contribution < 1.29 is 0 Å². The van der Waals surface area contributed by atoms with E-state index < -0.39 is 0 Å². The summed E-state index contributed by atoms with van der Waals surface area (Å²) in [6.45, 7) is 4.33. The minimum Gasteiger partial charge on any atom is -0.189 e. The number of azo groups is 1. The molecule has 3 heteroatoms. The second kappa shape index (κ2) is 2.17. The van der Waals surface area contributed by atoms with Gasteiger partial charge in [0.15, 0.2) is 0 Å². The van der Waals surface area contributed by atoms with E-state index in [1.807, 2.05) is 0 Å². The van der Waals surface area contributed by atoms with Gasteiger partial charge in [-0.2, -0.15) is 10.2 Å². The van der Waals surface area contributed by atoms with Gasteiger partial charge in [-0.25, -0.2) is 0 Å². The van der Waals surface area contributed by atoms with Gasteiger partial charge in [0.1, 0.15) is 0 Å². The van der Waals surface area contributed by atoms with E-state index in [2.05, 4.69) is 36.2 Å². The van der Waals surface area contributed by atoms with Gasteiger partial charge in [0.2, 0.25) is 0 Å². The van der Waals surface area contributed by atoms with Crippen molar-refractivity contribution in [1.29, 1.82) is 0 Å². The summed E-state index contributed by atoms with van der Waals surface area (Å²) in [6, 6.07) is 0.368. The van der Waals surface area contributed by atoms with Gasteiger partial charge < -0.3 is 0 Å². The second-order valence-corrected chi connectivity index (χ2v) is 5.37.